The predicted octanol–water partition coefficient (Wildman–Crippen LogP) is 2.60. The Bertz CT molecular complexity index is 609. The van der Waals surface area contributed by atoms with Crippen molar-refractivity contribution in [1.29, 1.82) is 0 Å². The van der Waals surface area contributed by atoms with E-state index in [4.69, 9.17) is 0 Å². The van der Waals surface area contributed by atoms with E-state index in [1.807, 2.05) is 0 Å². The molecule has 7 heteroatoms. The zero-order chi connectivity index (χ0) is 16.0. The smallest absolute Gasteiger partial charge is 0.301 e. The van der Waals surface area contributed by atoms with Gasteiger partial charge in [0.05, 0.1) is 11.9 Å². The Balaban J connectivity index is 1.83. The normalized spacial score (nSPS) is 15.5. The van der Waals surface area contributed by atoms with E-state index >= 15 is 0 Å². The second-order valence-electron chi connectivity index (χ2n) is 5.61. The summed E-state index contributed by atoms with van der Waals surface area (Å²) in [6.45, 7) is 0.849. The molecule has 0 spiro atoms. The highest BCUT2D eigenvalue weighted by Crippen LogP contribution is 2.20. The molecule has 122 valence electrons. The lowest BCUT2D eigenvalue weighted by Gasteiger charge is -2.14. The van der Waals surface area contributed by atoms with Gasteiger partial charge in [0, 0.05) is 20.6 Å². The third kappa shape index (κ3) is 4.99. The van der Waals surface area contributed by atoms with Crippen molar-refractivity contribution in [1.82, 2.24) is 9.29 Å². The quantitative estimate of drug-likeness (QED) is 0.756. The SMILES string of the molecule is CN(C)S(=O)(=O)Nc1ccc(NCCC2=CCCCC2)nc1. The highest BCUT2D eigenvalue weighted by molar-refractivity contribution is 7.90. The van der Waals surface area contributed by atoms with E-state index in [0.717, 1.165) is 23.1 Å². The highest BCUT2D eigenvalue weighted by atomic mass is 32.2. The van der Waals surface area contributed by atoms with Gasteiger partial charge in [0.15, 0.2) is 0 Å². The molecule has 1 aromatic rings. The molecule has 0 radical (unpaired) electrons. The van der Waals surface area contributed by atoms with E-state index in [0.29, 0.717) is 5.69 Å². The summed E-state index contributed by atoms with van der Waals surface area (Å²) < 4.78 is 27.0. The highest BCUT2D eigenvalue weighted by Gasteiger charge is 2.12. The van der Waals surface area contributed by atoms with Crippen LogP contribution in [-0.2, 0) is 10.2 Å². The number of nitrogens with one attached hydrogen (secondary N) is 2. The third-order valence-electron chi connectivity index (χ3n) is 3.63. The summed E-state index contributed by atoms with van der Waals surface area (Å²) in [4.78, 5) is 4.23. The van der Waals surface area contributed by atoms with Gasteiger partial charge in [0.2, 0.25) is 0 Å². The van der Waals surface area contributed by atoms with Crippen LogP contribution in [0.3, 0.4) is 0 Å². The van der Waals surface area contributed by atoms with E-state index in [1.54, 1.807) is 12.1 Å². The van der Waals surface area contributed by atoms with Crippen molar-refractivity contribution < 1.29 is 8.42 Å². The number of aromatic nitrogens is 1. The van der Waals surface area contributed by atoms with E-state index in [9.17, 15) is 8.42 Å². The van der Waals surface area contributed by atoms with Gasteiger partial charge in [-0.25, -0.2) is 4.98 Å². The largest absolute Gasteiger partial charge is 0.370 e. The van der Waals surface area contributed by atoms with Crippen molar-refractivity contribution in [3.8, 4) is 0 Å². The molecule has 0 bridgehead atoms. The molecule has 0 saturated carbocycles. The first-order valence-corrected chi connectivity index (χ1v) is 8.99. The second kappa shape index (κ2) is 7.60. The first-order chi connectivity index (χ1) is 10.5. The summed E-state index contributed by atoms with van der Waals surface area (Å²) in [5.74, 6) is 0.754. The van der Waals surface area contributed by atoms with Crippen LogP contribution >= 0.6 is 0 Å². The number of pyridine rings is 1. The lowest BCUT2D eigenvalue weighted by Crippen LogP contribution is -2.28. The van der Waals surface area contributed by atoms with Crippen LogP contribution in [0.5, 0.6) is 0 Å². The molecule has 0 fully saturated rings. The fourth-order valence-corrected chi connectivity index (χ4v) is 2.88. The van der Waals surface area contributed by atoms with E-state index < -0.39 is 10.2 Å². The van der Waals surface area contributed by atoms with Gasteiger partial charge in [-0.05, 0) is 44.2 Å². The minimum Gasteiger partial charge on any atom is -0.370 e. The van der Waals surface area contributed by atoms with Crippen LogP contribution in [0.1, 0.15) is 32.1 Å². The van der Waals surface area contributed by atoms with Crippen LogP contribution in [0.2, 0.25) is 0 Å². The average Bonchev–Trinajstić information content (AvgIpc) is 2.50. The average molecular weight is 324 g/mol. The van der Waals surface area contributed by atoms with Gasteiger partial charge in [-0.3, -0.25) is 4.72 Å². The Morgan fingerprint density at radius 2 is 2.09 bits per heavy atom. The molecule has 0 atom stereocenters. The molecular weight excluding hydrogens is 300 g/mol. The molecule has 22 heavy (non-hydrogen) atoms. The molecular formula is C15H24N4O2S. The Morgan fingerprint density at radius 1 is 1.27 bits per heavy atom. The van der Waals surface area contributed by atoms with Crippen molar-refractivity contribution in [2.75, 3.05) is 30.7 Å². The molecule has 0 saturated heterocycles. The van der Waals surface area contributed by atoms with Gasteiger partial charge in [-0.15, -0.1) is 0 Å². The first-order valence-electron chi connectivity index (χ1n) is 7.55. The van der Waals surface area contributed by atoms with Crippen LogP contribution in [0, 0.1) is 0 Å². The van der Waals surface area contributed by atoms with Crippen LogP contribution in [0.25, 0.3) is 0 Å². The van der Waals surface area contributed by atoms with Crippen molar-refractivity contribution in [3.63, 3.8) is 0 Å². The summed E-state index contributed by atoms with van der Waals surface area (Å²) in [6, 6.07) is 3.49. The molecule has 0 unspecified atom stereocenters. The van der Waals surface area contributed by atoms with Crippen molar-refractivity contribution in [3.05, 3.63) is 30.0 Å². The summed E-state index contributed by atoms with van der Waals surface area (Å²) in [5, 5.41) is 3.27. The summed E-state index contributed by atoms with van der Waals surface area (Å²) >= 11 is 0. The number of anilines is 2. The van der Waals surface area contributed by atoms with E-state index in [1.165, 1.54) is 51.5 Å². The topological polar surface area (TPSA) is 74.3 Å². The zero-order valence-corrected chi connectivity index (χ0v) is 14.0. The number of allylic oxidation sites excluding steroid dienone is 1. The monoisotopic (exact) mass is 324 g/mol. The number of hydrogen-bond donors (Lipinski definition) is 2. The molecule has 1 heterocycles. The Labute approximate surface area is 132 Å². The fraction of sp³-hybridized carbons (Fsp3) is 0.533. The van der Waals surface area contributed by atoms with Crippen molar-refractivity contribution in [2.24, 2.45) is 0 Å². The Kier molecular flexibility index (Phi) is 5.79. The molecule has 1 aliphatic carbocycles. The van der Waals surface area contributed by atoms with Gasteiger partial charge in [-0.1, -0.05) is 11.6 Å². The maximum atomic E-state index is 11.7. The van der Waals surface area contributed by atoms with E-state index in [2.05, 4.69) is 21.1 Å². The van der Waals surface area contributed by atoms with Gasteiger partial charge in [-0.2, -0.15) is 12.7 Å². The number of nitrogens with zero attached hydrogens (tertiary/aromatic N) is 2. The molecule has 0 aromatic carbocycles. The molecule has 2 N–H and O–H groups in total. The van der Waals surface area contributed by atoms with Crippen LogP contribution < -0.4 is 10.0 Å². The van der Waals surface area contributed by atoms with E-state index in [-0.39, 0.29) is 0 Å². The van der Waals surface area contributed by atoms with Gasteiger partial charge in [0.1, 0.15) is 5.82 Å². The summed E-state index contributed by atoms with van der Waals surface area (Å²) in [5.41, 5.74) is 1.98. The van der Waals surface area contributed by atoms with Gasteiger partial charge < -0.3 is 5.32 Å². The van der Waals surface area contributed by atoms with Crippen molar-refractivity contribution >= 4 is 21.7 Å². The lowest BCUT2D eigenvalue weighted by molar-refractivity contribution is 0.527. The maximum Gasteiger partial charge on any atom is 0.301 e. The maximum absolute atomic E-state index is 11.7. The Hall–Kier alpha value is -1.60. The molecule has 1 aromatic heterocycles. The lowest BCUT2D eigenvalue weighted by atomic mass is 9.97. The minimum atomic E-state index is -3.48. The standard InChI is InChI=1S/C15H24N4O2S/c1-19(2)22(20,21)18-14-8-9-15(17-12-14)16-11-10-13-6-4-3-5-7-13/h6,8-9,12,18H,3-5,7,10-11H2,1-2H3,(H,16,17). The van der Waals surface area contributed by atoms with Crippen LogP contribution in [0.15, 0.2) is 30.0 Å². The second-order valence-corrected chi connectivity index (χ2v) is 7.49. The first kappa shape index (κ1) is 16.8. The molecule has 6 nitrogen and oxygen atoms in total. The molecule has 2 rings (SSSR count). The molecule has 1 aliphatic rings. The van der Waals surface area contributed by atoms with Crippen LogP contribution in [0.4, 0.5) is 11.5 Å². The van der Waals surface area contributed by atoms with Gasteiger partial charge in [0.25, 0.3) is 0 Å². The zero-order valence-electron chi connectivity index (χ0n) is 13.2. The number of hydrogen-bond acceptors (Lipinski definition) is 4. The number of rotatable bonds is 7. The Morgan fingerprint density at radius 3 is 2.68 bits per heavy atom. The van der Waals surface area contributed by atoms with Crippen LogP contribution in [-0.4, -0.2) is 38.3 Å². The third-order valence-corrected chi connectivity index (χ3v) is 5.08. The van der Waals surface area contributed by atoms with Gasteiger partial charge >= 0.3 is 10.2 Å². The summed E-state index contributed by atoms with van der Waals surface area (Å²) in [6.07, 6.45) is 9.92. The fourth-order valence-electron chi connectivity index (χ4n) is 2.28. The predicted molar refractivity (Wildman–Crippen MR) is 90.1 cm³/mol. The molecule has 0 amide bonds. The minimum absolute atomic E-state index is 0.453. The van der Waals surface area contributed by atoms with Crippen molar-refractivity contribution in [2.45, 2.75) is 32.1 Å². The summed E-state index contributed by atoms with van der Waals surface area (Å²) in [7, 11) is -0.524. The molecule has 0 aliphatic heterocycles.